The summed E-state index contributed by atoms with van der Waals surface area (Å²) in [5.41, 5.74) is -0.288. The monoisotopic (exact) mass is 399 g/mol. The number of ether oxygens (including phenoxy) is 2. The Kier molecular flexibility index (Phi) is 5.15. The molecule has 2 aromatic rings. The van der Waals surface area contributed by atoms with E-state index in [2.05, 4.69) is 5.32 Å². The molecule has 0 spiro atoms. The summed E-state index contributed by atoms with van der Waals surface area (Å²) < 4.78 is 12.4. The minimum absolute atomic E-state index is 0.121. The molecule has 1 aliphatic rings. The number of hydrogen-bond acceptors (Lipinski definition) is 6. The Morgan fingerprint density at radius 2 is 2.03 bits per heavy atom. The molecule has 1 N–H and O–H groups in total. The molecule has 29 heavy (non-hydrogen) atoms. The number of nitrogens with one attached hydrogen (secondary N) is 1. The number of rotatable bonds is 4. The van der Waals surface area contributed by atoms with E-state index in [-0.39, 0.29) is 23.6 Å². The highest BCUT2D eigenvalue weighted by molar-refractivity contribution is 5.84. The Bertz CT molecular complexity index is 1080. The zero-order chi connectivity index (χ0) is 21.3. The van der Waals surface area contributed by atoms with Crippen LogP contribution >= 0.6 is 0 Å². The van der Waals surface area contributed by atoms with Gasteiger partial charge in [-0.15, -0.1) is 0 Å². The maximum atomic E-state index is 12.6. The number of alkyl carbamates (subject to hydrolysis) is 1. The van der Waals surface area contributed by atoms with Crippen molar-refractivity contribution in [2.75, 3.05) is 6.61 Å². The van der Waals surface area contributed by atoms with Crippen LogP contribution in [-0.2, 0) is 4.74 Å². The average Bonchev–Trinajstić information content (AvgIpc) is 2.63. The Balaban J connectivity index is 2.40. The van der Waals surface area contributed by atoms with Crippen molar-refractivity contribution in [1.29, 1.82) is 0 Å². The van der Waals surface area contributed by atoms with Gasteiger partial charge in [-0.1, -0.05) is 6.07 Å². The van der Waals surface area contributed by atoms with Crippen molar-refractivity contribution >= 4 is 17.5 Å². The summed E-state index contributed by atoms with van der Waals surface area (Å²) in [7, 11) is 0. The number of nitro groups is 1. The molecule has 2 heterocycles. The Hall–Kier alpha value is -3.62. The molecule has 0 aliphatic carbocycles. The van der Waals surface area contributed by atoms with E-state index in [4.69, 9.17) is 9.47 Å². The van der Waals surface area contributed by atoms with E-state index in [0.717, 1.165) is 0 Å². The first-order chi connectivity index (χ1) is 13.7. The second-order valence-corrected chi connectivity index (χ2v) is 6.93. The Morgan fingerprint density at radius 1 is 1.31 bits per heavy atom. The van der Waals surface area contributed by atoms with E-state index in [1.54, 1.807) is 39.8 Å². The largest absolute Gasteiger partial charge is 0.481 e. The second kappa shape index (κ2) is 7.42. The van der Waals surface area contributed by atoms with Gasteiger partial charge in [-0.25, -0.2) is 4.79 Å². The van der Waals surface area contributed by atoms with E-state index in [9.17, 15) is 19.7 Å². The Morgan fingerprint density at radius 3 is 2.66 bits per heavy atom. The fourth-order valence-electron chi connectivity index (χ4n) is 3.32. The molecule has 0 unspecified atom stereocenters. The van der Waals surface area contributed by atoms with Crippen molar-refractivity contribution in [2.24, 2.45) is 0 Å². The molecular formula is C20H21N3O6. The summed E-state index contributed by atoms with van der Waals surface area (Å²) in [6.45, 7) is 6.85. The molecule has 0 fully saturated rings. The number of carbonyl (C=O) groups is 1. The second-order valence-electron chi connectivity index (χ2n) is 6.93. The molecule has 3 rings (SSSR count). The van der Waals surface area contributed by atoms with Gasteiger partial charge in [0.15, 0.2) is 0 Å². The summed E-state index contributed by atoms with van der Waals surface area (Å²) in [4.78, 5) is 35.8. The maximum absolute atomic E-state index is 12.6. The predicted octanol–water partition coefficient (Wildman–Crippen LogP) is 3.20. The van der Waals surface area contributed by atoms with Gasteiger partial charge in [-0.3, -0.25) is 24.8 Å². The number of nitrogens with zero attached hydrogens (tertiary/aromatic N) is 2. The van der Waals surface area contributed by atoms with Crippen molar-refractivity contribution in [3.05, 3.63) is 73.8 Å². The highest BCUT2D eigenvalue weighted by Crippen LogP contribution is 2.44. The average molecular weight is 399 g/mol. The van der Waals surface area contributed by atoms with Gasteiger partial charge in [-0.2, -0.15) is 0 Å². The SMILES string of the molecule is CCOC(=O)NC1=C(n2ccccc2=O)c2c(ccc([N+](=O)[O-])c2C)OC1(C)C. The third kappa shape index (κ3) is 3.58. The predicted molar refractivity (Wildman–Crippen MR) is 106 cm³/mol. The summed E-state index contributed by atoms with van der Waals surface area (Å²) in [6.07, 6.45) is 0.820. The maximum Gasteiger partial charge on any atom is 0.411 e. The number of amides is 1. The van der Waals surface area contributed by atoms with E-state index in [1.165, 1.54) is 29.0 Å². The number of fused-ring (bicyclic) bond motifs is 1. The fourth-order valence-corrected chi connectivity index (χ4v) is 3.32. The molecule has 0 saturated carbocycles. The molecule has 152 valence electrons. The van der Waals surface area contributed by atoms with Crippen molar-refractivity contribution in [1.82, 2.24) is 9.88 Å². The molecule has 1 aliphatic heterocycles. The van der Waals surface area contributed by atoms with Crippen LogP contribution in [-0.4, -0.2) is 27.8 Å². The summed E-state index contributed by atoms with van der Waals surface area (Å²) in [5.74, 6) is 0.373. The molecule has 0 radical (unpaired) electrons. The summed E-state index contributed by atoms with van der Waals surface area (Å²) >= 11 is 0. The molecule has 1 aromatic carbocycles. The number of nitro benzene ring substituents is 1. The first-order valence-electron chi connectivity index (χ1n) is 9.01. The first-order valence-corrected chi connectivity index (χ1v) is 9.01. The van der Waals surface area contributed by atoms with Gasteiger partial charge in [0.2, 0.25) is 0 Å². The van der Waals surface area contributed by atoms with Crippen LogP contribution in [0.3, 0.4) is 0 Å². The molecule has 0 bridgehead atoms. The lowest BCUT2D eigenvalue weighted by Gasteiger charge is -2.37. The van der Waals surface area contributed by atoms with Crippen molar-refractivity contribution < 1.29 is 19.2 Å². The molecule has 0 saturated heterocycles. The number of hydrogen-bond donors (Lipinski definition) is 1. The first kappa shape index (κ1) is 20.1. The van der Waals surface area contributed by atoms with Gasteiger partial charge in [0.25, 0.3) is 11.2 Å². The number of aromatic nitrogens is 1. The minimum Gasteiger partial charge on any atom is -0.481 e. The van der Waals surface area contributed by atoms with Crippen LogP contribution in [0.15, 0.2) is 47.0 Å². The zero-order valence-corrected chi connectivity index (χ0v) is 16.5. The van der Waals surface area contributed by atoms with Gasteiger partial charge >= 0.3 is 6.09 Å². The Labute approximate surface area is 166 Å². The van der Waals surface area contributed by atoms with Crippen LogP contribution in [0.5, 0.6) is 5.75 Å². The van der Waals surface area contributed by atoms with E-state index < -0.39 is 16.6 Å². The number of benzene rings is 1. The zero-order valence-electron chi connectivity index (χ0n) is 16.5. The molecule has 0 atom stereocenters. The van der Waals surface area contributed by atoms with Gasteiger partial charge < -0.3 is 9.47 Å². The normalized spacial score (nSPS) is 14.6. The smallest absolute Gasteiger partial charge is 0.411 e. The van der Waals surface area contributed by atoms with E-state index in [0.29, 0.717) is 22.6 Å². The third-order valence-electron chi connectivity index (χ3n) is 4.60. The van der Waals surface area contributed by atoms with Gasteiger partial charge in [0.05, 0.1) is 28.5 Å². The quantitative estimate of drug-likeness (QED) is 0.624. The number of pyridine rings is 1. The molecule has 9 nitrogen and oxygen atoms in total. The van der Waals surface area contributed by atoms with Crippen LogP contribution in [0.25, 0.3) is 5.70 Å². The third-order valence-corrected chi connectivity index (χ3v) is 4.60. The molecular weight excluding hydrogens is 378 g/mol. The number of carbonyl (C=O) groups excluding carboxylic acids is 1. The van der Waals surface area contributed by atoms with Gasteiger partial charge in [0.1, 0.15) is 11.4 Å². The van der Waals surface area contributed by atoms with Gasteiger partial charge in [0, 0.05) is 23.9 Å². The highest BCUT2D eigenvalue weighted by Gasteiger charge is 2.39. The summed E-state index contributed by atoms with van der Waals surface area (Å²) in [5, 5.41) is 14.1. The van der Waals surface area contributed by atoms with Crippen molar-refractivity contribution in [3.63, 3.8) is 0 Å². The fraction of sp³-hybridized carbons (Fsp3) is 0.300. The lowest BCUT2D eigenvalue weighted by Crippen LogP contribution is -2.45. The summed E-state index contributed by atoms with van der Waals surface area (Å²) in [6, 6.07) is 7.47. The van der Waals surface area contributed by atoms with Crippen LogP contribution in [0.2, 0.25) is 0 Å². The van der Waals surface area contributed by atoms with Crippen molar-refractivity contribution in [2.45, 2.75) is 33.3 Å². The van der Waals surface area contributed by atoms with Crippen LogP contribution in [0.1, 0.15) is 31.9 Å². The minimum atomic E-state index is -1.05. The highest BCUT2D eigenvalue weighted by atomic mass is 16.6. The van der Waals surface area contributed by atoms with E-state index in [1.807, 2.05) is 0 Å². The van der Waals surface area contributed by atoms with E-state index >= 15 is 0 Å². The van der Waals surface area contributed by atoms with Gasteiger partial charge in [-0.05, 0) is 39.8 Å². The topological polar surface area (TPSA) is 113 Å². The molecule has 1 aromatic heterocycles. The van der Waals surface area contributed by atoms with Crippen LogP contribution in [0, 0.1) is 17.0 Å². The lowest BCUT2D eigenvalue weighted by atomic mass is 9.91. The van der Waals surface area contributed by atoms with Crippen LogP contribution in [0.4, 0.5) is 10.5 Å². The van der Waals surface area contributed by atoms with Crippen molar-refractivity contribution in [3.8, 4) is 5.75 Å². The standard InChI is InChI=1S/C20H21N3O6/c1-5-28-19(25)21-18-17(22-11-7-6-8-15(22)24)16-12(2)13(23(26)27)9-10-14(16)29-20(18,3)4/h6-11H,5H2,1-4H3,(H,21,25). The van der Waals surface area contributed by atoms with Crippen LogP contribution < -0.4 is 15.6 Å². The molecule has 9 heteroatoms. The lowest BCUT2D eigenvalue weighted by molar-refractivity contribution is -0.385. The molecule has 1 amide bonds.